The number of aromatic nitrogens is 2. The van der Waals surface area contributed by atoms with Crippen LogP contribution >= 0.6 is 0 Å². The number of amides is 2. The van der Waals surface area contributed by atoms with E-state index in [0.29, 0.717) is 29.9 Å². The van der Waals surface area contributed by atoms with Gasteiger partial charge in [-0.25, -0.2) is 18.6 Å². The molecule has 0 atom stereocenters. The van der Waals surface area contributed by atoms with Gasteiger partial charge in [0.05, 0.1) is 24.6 Å². The maximum Gasteiger partial charge on any atom is 0.340 e. The van der Waals surface area contributed by atoms with Crippen molar-refractivity contribution in [2.24, 2.45) is 0 Å². The Balaban J connectivity index is 1.28. The molecule has 2 amide bonds. The summed E-state index contributed by atoms with van der Waals surface area (Å²) in [6.45, 7) is 6.53. The highest BCUT2D eigenvalue weighted by molar-refractivity contribution is 6.04. The predicted octanol–water partition coefficient (Wildman–Crippen LogP) is 4.92. The molecular formula is C31H31F2N5O4. The maximum atomic E-state index is 14.6. The molecule has 42 heavy (non-hydrogen) atoms. The van der Waals surface area contributed by atoms with Crippen molar-refractivity contribution in [3.8, 4) is 11.1 Å². The zero-order valence-electron chi connectivity index (χ0n) is 23.5. The highest BCUT2D eigenvalue weighted by Crippen LogP contribution is 2.27. The fraction of sp³-hybridized carbons (Fsp3) is 0.290. The van der Waals surface area contributed by atoms with Gasteiger partial charge in [0, 0.05) is 30.4 Å². The molecule has 1 fully saturated rings. The van der Waals surface area contributed by atoms with Gasteiger partial charge in [-0.3, -0.25) is 18.9 Å². The zero-order chi connectivity index (χ0) is 30.0. The number of anilines is 1. The molecule has 0 radical (unpaired) electrons. The third-order valence-electron chi connectivity index (χ3n) is 7.67. The Kier molecular flexibility index (Phi) is 8.04. The lowest BCUT2D eigenvalue weighted by atomic mass is 10.0. The summed E-state index contributed by atoms with van der Waals surface area (Å²) in [5.41, 5.74) is 1.64. The average molecular weight is 576 g/mol. The minimum Gasteiger partial charge on any atom is -0.465 e. The van der Waals surface area contributed by atoms with Crippen LogP contribution in [0.4, 0.5) is 14.5 Å². The minimum absolute atomic E-state index is 0.104. The number of benzene rings is 2. The van der Waals surface area contributed by atoms with E-state index in [1.807, 2.05) is 0 Å². The molecule has 2 aromatic heterocycles. The van der Waals surface area contributed by atoms with Crippen LogP contribution < -0.4 is 10.6 Å². The number of nitrogens with one attached hydrogen (secondary N) is 2. The van der Waals surface area contributed by atoms with Crippen LogP contribution in [0.25, 0.3) is 16.8 Å². The normalized spacial score (nSPS) is 14.6. The van der Waals surface area contributed by atoms with Gasteiger partial charge in [0.25, 0.3) is 11.8 Å². The molecule has 1 aliphatic heterocycles. The molecular weight excluding hydrogens is 544 g/mol. The van der Waals surface area contributed by atoms with Gasteiger partial charge in [-0.05, 0) is 86.8 Å². The molecule has 2 N–H and O–H groups in total. The Bertz CT molecular complexity index is 1680. The molecule has 2 aromatic carbocycles. The third kappa shape index (κ3) is 5.87. The van der Waals surface area contributed by atoms with Crippen LogP contribution in [0.5, 0.6) is 0 Å². The number of esters is 1. The molecule has 0 bridgehead atoms. The molecule has 11 heteroatoms. The first kappa shape index (κ1) is 28.9. The van der Waals surface area contributed by atoms with Gasteiger partial charge in [0.2, 0.25) is 0 Å². The van der Waals surface area contributed by atoms with Crippen molar-refractivity contribution in [1.29, 1.82) is 0 Å². The van der Waals surface area contributed by atoms with E-state index in [1.54, 1.807) is 24.4 Å². The molecule has 218 valence electrons. The first-order valence-corrected chi connectivity index (χ1v) is 13.6. The molecule has 0 saturated carbocycles. The van der Waals surface area contributed by atoms with E-state index in [-0.39, 0.29) is 34.0 Å². The zero-order valence-corrected chi connectivity index (χ0v) is 23.5. The van der Waals surface area contributed by atoms with Crippen molar-refractivity contribution in [2.45, 2.75) is 32.2 Å². The lowest BCUT2D eigenvalue weighted by molar-refractivity contribution is 0.0595. The van der Waals surface area contributed by atoms with Gasteiger partial charge >= 0.3 is 5.97 Å². The second-order valence-electron chi connectivity index (χ2n) is 10.8. The van der Waals surface area contributed by atoms with Crippen molar-refractivity contribution in [2.75, 3.05) is 32.1 Å². The number of ether oxygens (including phenoxy) is 1. The number of likely N-dealkylation sites (tertiary alicyclic amines) is 1. The van der Waals surface area contributed by atoms with Gasteiger partial charge in [-0.2, -0.15) is 0 Å². The fourth-order valence-electron chi connectivity index (χ4n) is 5.23. The lowest BCUT2D eigenvalue weighted by Crippen LogP contribution is -2.43. The molecule has 1 saturated heterocycles. The number of methoxy groups -OCH3 is 1. The number of nitrogens with zero attached hydrogens (tertiary/aromatic N) is 3. The molecule has 4 aromatic rings. The van der Waals surface area contributed by atoms with E-state index < -0.39 is 23.5 Å². The maximum absolute atomic E-state index is 14.6. The first-order chi connectivity index (χ1) is 20.1. The topological polar surface area (TPSA) is 105 Å². The first-order valence-electron chi connectivity index (χ1n) is 13.6. The largest absolute Gasteiger partial charge is 0.465 e. The second-order valence-corrected chi connectivity index (χ2v) is 10.8. The summed E-state index contributed by atoms with van der Waals surface area (Å²) in [4.78, 5) is 44.1. The second kappa shape index (κ2) is 11.7. The SMILES string of the molecule is COC(=O)c1ccc(-c2ccn3c(C(=O)Nc4cc(C(=O)NCCN5CCCC5(C)C)ccc4F)cnc3c2)cc1F. The summed E-state index contributed by atoms with van der Waals surface area (Å²) in [6, 6.07) is 11.3. The number of pyridine rings is 1. The molecule has 0 spiro atoms. The molecule has 9 nitrogen and oxygen atoms in total. The average Bonchev–Trinajstić information content (AvgIpc) is 3.55. The highest BCUT2D eigenvalue weighted by Gasteiger charge is 2.31. The smallest absolute Gasteiger partial charge is 0.340 e. The Morgan fingerprint density at radius 3 is 2.50 bits per heavy atom. The van der Waals surface area contributed by atoms with E-state index in [9.17, 15) is 23.2 Å². The number of carbonyl (C=O) groups excluding carboxylic acids is 3. The van der Waals surface area contributed by atoms with Crippen LogP contribution in [0.1, 0.15) is 57.9 Å². The molecule has 5 rings (SSSR count). The van der Waals surface area contributed by atoms with E-state index >= 15 is 0 Å². The van der Waals surface area contributed by atoms with Gasteiger partial charge in [-0.1, -0.05) is 6.07 Å². The summed E-state index contributed by atoms with van der Waals surface area (Å²) in [5.74, 6) is -3.18. The van der Waals surface area contributed by atoms with E-state index in [4.69, 9.17) is 0 Å². The van der Waals surface area contributed by atoms with Crippen LogP contribution in [0.3, 0.4) is 0 Å². The molecule has 0 aliphatic carbocycles. The lowest BCUT2D eigenvalue weighted by Gasteiger charge is -2.31. The van der Waals surface area contributed by atoms with Gasteiger partial charge in [0.1, 0.15) is 23.0 Å². The van der Waals surface area contributed by atoms with Crippen molar-refractivity contribution in [1.82, 2.24) is 19.6 Å². The minimum atomic E-state index is -0.775. The van der Waals surface area contributed by atoms with Crippen molar-refractivity contribution in [3.63, 3.8) is 0 Å². The van der Waals surface area contributed by atoms with E-state index in [2.05, 4.69) is 39.1 Å². The van der Waals surface area contributed by atoms with Crippen molar-refractivity contribution in [3.05, 3.63) is 89.4 Å². The summed E-state index contributed by atoms with van der Waals surface area (Å²) in [5, 5.41) is 5.40. The summed E-state index contributed by atoms with van der Waals surface area (Å²) >= 11 is 0. The quantitative estimate of drug-likeness (QED) is 0.289. The Labute approximate surface area is 241 Å². The number of hydrogen-bond donors (Lipinski definition) is 2. The molecule has 0 unspecified atom stereocenters. The highest BCUT2D eigenvalue weighted by atomic mass is 19.1. The van der Waals surface area contributed by atoms with Crippen LogP contribution in [-0.4, -0.2) is 64.4 Å². The Morgan fingerprint density at radius 1 is 1.00 bits per heavy atom. The number of hydrogen-bond acceptors (Lipinski definition) is 6. The summed E-state index contributed by atoms with van der Waals surface area (Å²) in [6.07, 6.45) is 5.16. The Hall–Kier alpha value is -4.64. The standard InChI is InChI=1S/C31H31F2N5O4/c1-31(2)10-4-12-37(31)14-11-34-28(39)21-6-8-23(32)25(16-21)36-29(40)26-18-35-27-17-20(9-13-38(26)27)19-5-7-22(24(33)15-19)30(41)42-3/h5-9,13,15-18H,4,10-12,14H2,1-3H3,(H,34,39)(H,36,40). The van der Waals surface area contributed by atoms with Crippen LogP contribution in [-0.2, 0) is 4.74 Å². The fourth-order valence-corrected chi connectivity index (χ4v) is 5.23. The van der Waals surface area contributed by atoms with Crippen molar-refractivity contribution >= 4 is 29.1 Å². The number of rotatable bonds is 8. The number of carbonyl (C=O) groups is 3. The van der Waals surface area contributed by atoms with Crippen LogP contribution in [0, 0.1) is 11.6 Å². The van der Waals surface area contributed by atoms with E-state index in [0.717, 1.165) is 25.5 Å². The summed E-state index contributed by atoms with van der Waals surface area (Å²) < 4.78 is 35.1. The van der Waals surface area contributed by atoms with Crippen molar-refractivity contribution < 1.29 is 27.9 Å². The number of fused-ring (bicyclic) bond motifs is 1. The van der Waals surface area contributed by atoms with Crippen LogP contribution in [0.2, 0.25) is 0 Å². The monoisotopic (exact) mass is 575 g/mol. The number of imidazole rings is 1. The van der Waals surface area contributed by atoms with Crippen LogP contribution in [0.15, 0.2) is 60.9 Å². The van der Waals surface area contributed by atoms with E-state index in [1.165, 1.54) is 42.0 Å². The van der Waals surface area contributed by atoms with Gasteiger partial charge in [-0.15, -0.1) is 0 Å². The number of halogens is 2. The molecule has 1 aliphatic rings. The molecule has 3 heterocycles. The van der Waals surface area contributed by atoms with Gasteiger partial charge in [0.15, 0.2) is 0 Å². The third-order valence-corrected chi connectivity index (χ3v) is 7.67. The summed E-state index contributed by atoms with van der Waals surface area (Å²) in [7, 11) is 1.18. The Morgan fingerprint density at radius 2 is 1.79 bits per heavy atom. The van der Waals surface area contributed by atoms with Gasteiger partial charge < -0.3 is 15.4 Å². The predicted molar refractivity (Wildman–Crippen MR) is 153 cm³/mol.